The van der Waals surface area contributed by atoms with Gasteiger partial charge in [0.2, 0.25) is 0 Å². The molecular weight excluding hydrogens is 507 g/mol. The highest BCUT2D eigenvalue weighted by Crippen LogP contribution is 2.29. The van der Waals surface area contributed by atoms with E-state index in [0.29, 0.717) is 6.04 Å². The highest BCUT2D eigenvalue weighted by Gasteiger charge is 2.25. The van der Waals surface area contributed by atoms with Crippen LogP contribution < -0.4 is 10.6 Å². The number of nitrogens with zero attached hydrogens (tertiary/aromatic N) is 4. The van der Waals surface area contributed by atoms with Gasteiger partial charge in [-0.2, -0.15) is 0 Å². The molecule has 1 fully saturated rings. The summed E-state index contributed by atoms with van der Waals surface area (Å²) in [6.07, 6.45) is 8.75. The van der Waals surface area contributed by atoms with Crippen molar-refractivity contribution in [2.45, 2.75) is 52.1 Å². The third kappa shape index (κ3) is 7.53. The summed E-state index contributed by atoms with van der Waals surface area (Å²) in [4.78, 5) is 12.8. The van der Waals surface area contributed by atoms with Crippen LogP contribution in [0.2, 0.25) is 0 Å². The molecule has 8 heteroatoms. The van der Waals surface area contributed by atoms with Gasteiger partial charge >= 0.3 is 0 Å². The summed E-state index contributed by atoms with van der Waals surface area (Å²) in [7, 11) is 1.85. The number of aliphatic imine (C=N–C) groups is 1. The Kier molecular flexibility index (Phi) is 11.2. The van der Waals surface area contributed by atoms with Crippen LogP contribution in [0, 0.1) is 12.8 Å². The number of thiophene rings is 1. The van der Waals surface area contributed by atoms with Crippen LogP contribution in [0.25, 0.3) is 0 Å². The molecule has 0 bridgehead atoms. The fourth-order valence-electron chi connectivity index (χ4n) is 3.90. The normalized spacial score (nSPS) is 16.8. The number of hydrogen-bond acceptors (Lipinski definition) is 4. The Labute approximate surface area is 202 Å². The van der Waals surface area contributed by atoms with E-state index >= 15 is 0 Å². The first-order valence-corrected chi connectivity index (χ1v) is 11.7. The van der Waals surface area contributed by atoms with Gasteiger partial charge in [-0.15, -0.1) is 35.3 Å². The SMILES string of the molecule is CN=C(NCCCCn1ccnc1C)NCC(c1cccs1)N1CCC(C)CC1.I. The van der Waals surface area contributed by atoms with Crippen molar-refractivity contribution in [3.8, 4) is 0 Å². The topological polar surface area (TPSA) is 57.5 Å². The average molecular weight is 545 g/mol. The molecule has 1 unspecified atom stereocenters. The first-order valence-electron chi connectivity index (χ1n) is 10.9. The van der Waals surface area contributed by atoms with Crippen molar-refractivity contribution in [3.05, 3.63) is 40.6 Å². The number of unbranched alkanes of at least 4 members (excludes halogenated alkanes) is 1. The van der Waals surface area contributed by atoms with E-state index in [1.54, 1.807) is 0 Å². The maximum absolute atomic E-state index is 4.42. The minimum absolute atomic E-state index is 0. The largest absolute Gasteiger partial charge is 0.356 e. The molecule has 0 radical (unpaired) electrons. The summed E-state index contributed by atoms with van der Waals surface area (Å²) in [5.41, 5.74) is 0. The van der Waals surface area contributed by atoms with E-state index in [2.05, 4.69) is 67.6 Å². The highest BCUT2D eigenvalue weighted by molar-refractivity contribution is 14.0. The Morgan fingerprint density at radius 2 is 2.10 bits per heavy atom. The molecule has 1 aliphatic heterocycles. The second-order valence-corrected chi connectivity index (χ2v) is 8.98. The van der Waals surface area contributed by atoms with Gasteiger partial charge in [-0.1, -0.05) is 13.0 Å². The van der Waals surface area contributed by atoms with Crippen molar-refractivity contribution in [3.63, 3.8) is 0 Å². The van der Waals surface area contributed by atoms with Crippen LogP contribution in [-0.2, 0) is 6.54 Å². The maximum atomic E-state index is 4.42. The van der Waals surface area contributed by atoms with E-state index < -0.39 is 0 Å². The highest BCUT2D eigenvalue weighted by atomic mass is 127. The van der Waals surface area contributed by atoms with Gasteiger partial charge in [0.15, 0.2) is 5.96 Å². The van der Waals surface area contributed by atoms with Crippen LogP contribution in [0.3, 0.4) is 0 Å². The standard InChI is InChI=1S/C22H36N6S.HI/c1-18-8-13-28(14-9-18)20(21-7-6-16-29-21)17-26-22(23-3)25-10-4-5-12-27-15-11-24-19(27)2;/h6-7,11,15-16,18,20H,4-5,8-10,12-14,17H2,1-3H3,(H2,23,25,26);1H. The molecular formula is C22H37IN6S. The Morgan fingerprint density at radius 3 is 2.73 bits per heavy atom. The number of rotatable bonds is 9. The molecule has 1 atom stereocenters. The number of likely N-dealkylation sites (tertiary alicyclic amines) is 1. The third-order valence-corrected chi connectivity index (χ3v) is 6.83. The number of hydrogen-bond donors (Lipinski definition) is 2. The molecule has 3 rings (SSSR count). The Bertz CT molecular complexity index is 737. The number of aromatic nitrogens is 2. The average Bonchev–Trinajstić information content (AvgIpc) is 3.40. The Balaban J connectivity index is 0.00000320. The van der Waals surface area contributed by atoms with Crippen molar-refractivity contribution < 1.29 is 0 Å². The first kappa shape index (κ1) is 25.1. The van der Waals surface area contributed by atoms with Gasteiger partial charge in [-0.3, -0.25) is 9.89 Å². The number of imidazole rings is 1. The molecule has 3 heterocycles. The van der Waals surface area contributed by atoms with E-state index in [0.717, 1.165) is 50.2 Å². The molecule has 2 aromatic heterocycles. The van der Waals surface area contributed by atoms with Crippen molar-refractivity contribution in [2.24, 2.45) is 10.9 Å². The van der Waals surface area contributed by atoms with E-state index in [1.807, 2.05) is 24.6 Å². The second kappa shape index (κ2) is 13.3. The van der Waals surface area contributed by atoms with Gasteiger partial charge in [0.25, 0.3) is 0 Å². The van der Waals surface area contributed by atoms with Crippen LogP contribution in [0.15, 0.2) is 34.9 Å². The second-order valence-electron chi connectivity index (χ2n) is 8.00. The number of aryl methyl sites for hydroxylation is 2. The minimum atomic E-state index is 0. The van der Waals surface area contributed by atoms with E-state index in [4.69, 9.17) is 0 Å². The summed E-state index contributed by atoms with van der Waals surface area (Å²) < 4.78 is 2.21. The lowest BCUT2D eigenvalue weighted by Crippen LogP contribution is -2.45. The van der Waals surface area contributed by atoms with Crippen LogP contribution in [0.1, 0.15) is 49.4 Å². The van der Waals surface area contributed by atoms with Crippen LogP contribution >= 0.6 is 35.3 Å². The summed E-state index contributed by atoms with van der Waals surface area (Å²) >= 11 is 1.86. The summed E-state index contributed by atoms with van der Waals surface area (Å²) in [5.74, 6) is 2.83. The lowest BCUT2D eigenvalue weighted by Gasteiger charge is -2.36. The smallest absolute Gasteiger partial charge is 0.191 e. The van der Waals surface area contributed by atoms with Crippen molar-refractivity contribution in [1.29, 1.82) is 0 Å². The first-order chi connectivity index (χ1) is 14.2. The molecule has 0 aliphatic carbocycles. The minimum Gasteiger partial charge on any atom is -0.356 e. The fourth-order valence-corrected chi connectivity index (χ4v) is 4.76. The third-order valence-electron chi connectivity index (χ3n) is 5.86. The van der Waals surface area contributed by atoms with Gasteiger partial charge in [0.05, 0.1) is 6.04 Å². The zero-order valence-corrected chi connectivity index (χ0v) is 21.7. The molecule has 1 saturated heterocycles. The monoisotopic (exact) mass is 544 g/mol. The van der Waals surface area contributed by atoms with Crippen molar-refractivity contribution in [1.82, 2.24) is 25.1 Å². The van der Waals surface area contributed by atoms with Gasteiger partial charge in [0, 0.05) is 44.0 Å². The molecule has 0 amide bonds. The Morgan fingerprint density at radius 1 is 1.30 bits per heavy atom. The number of guanidine groups is 1. The van der Waals surface area contributed by atoms with Gasteiger partial charge in [-0.05, 0) is 63.1 Å². The molecule has 1 aliphatic rings. The van der Waals surface area contributed by atoms with E-state index in [1.165, 1.54) is 30.8 Å². The molecule has 168 valence electrons. The summed E-state index contributed by atoms with van der Waals surface area (Å²) in [6.45, 7) is 9.64. The van der Waals surface area contributed by atoms with Gasteiger partial charge in [-0.25, -0.2) is 4.98 Å². The van der Waals surface area contributed by atoms with Crippen LogP contribution in [0.5, 0.6) is 0 Å². The van der Waals surface area contributed by atoms with E-state index in [-0.39, 0.29) is 24.0 Å². The lowest BCUT2D eigenvalue weighted by molar-refractivity contribution is 0.140. The number of piperidine rings is 1. The molecule has 2 N–H and O–H groups in total. The molecule has 0 spiro atoms. The molecule has 2 aromatic rings. The Hall–Kier alpha value is -1.13. The van der Waals surface area contributed by atoms with Crippen molar-refractivity contribution in [2.75, 3.05) is 33.2 Å². The fraction of sp³-hybridized carbons (Fsp3) is 0.636. The molecule has 30 heavy (non-hydrogen) atoms. The van der Waals surface area contributed by atoms with E-state index in [9.17, 15) is 0 Å². The predicted molar refractivity (Wildman–Crippen MR) is 138 cm³/mol. The quantitative estimate of drug-likeness (QED) is 0.214. The number of nitrogens with one attached hydrogen (secondary N) is 2. The number of halogens is 1. The summed E-state index contributed by atoms with van der Waals surface area (Å²) in [5, 5.41) is 9.23. The molecule has 0 aromatic carbocycles. The zero-order chi connectivity index (χ0) is 20.5. The van der Waals surface area contributed by atoms with Gasteiger partial charge < -0.3 is 15.2 Å². The van der Waals surface area contributed by atoms with Crippen LogP contribution in [0.4, 0.5) is 0 Å². The summed E-state index contributed by atoms with van der Waals surface area (Å²) in [6, 6.07) is 4.85. The predicted octanol–water partition coefficient (Wildman–Crippen LogP) is 4.29. The lowest BCUT2D eigenvalue weighted by atomic mass is 9.97. The molecule has 6 nitrogen and oxygen atoms in total. The van der Waals surface area contributed by atoms with Gasteiger partial charge in [0.1, 0.15) is 5.82 Å². The van der Waals surface area contributed by atoms with Crippen molar-refractivity contribution >= 4 is 41.3 Å². The van der Waals surface area contributed by atoms with Crippen LogP contribution in [-0.4, -0.2) is 53.6 Å². The molecule has 0 saturated carbocycles. The zero-order valence-electron chi connectivity index (χ0n) is 18.5. The maximum Gasteiger partial charge on any atom is 0.191 e.